The van der Waals surface area contributed by atoms with Crippen LogP contribution in [-0.2, 0) is 0 Å². The van der Waals surface area contributed by atoms with E-state index >= 15 is 0 Å². The highest BCUT2D eigenvalue weighted by atomic mass is 16.5. The van der Waals surface area contributed by atoms with E-state index < -0.39 is 0 Å². The molecule has 0 spiro atoms. The van der Waals surface area contributed by atoms with Crippen LogP contribution < -0.4 is 4.74 Å². The second kappa shape index (κ2) is 4.90. The Morgan fingerprint density at radius 3 is 2.08 bits per heavy atom. The van der Waals surface area contributed by atoms with Crippen molar-refractivity contribution in [2.24, 2.45) is 5.41 Å². The number of rotatable bonds is 2. The van der Waals surface area contributed by atoms with Crippen molar-refractivity contribution >= 4 is 0 Å². The van der Waals surface area contributed by atoms with Crippen LogP contribution in [0.3, 0.4) is 0 Å². The lowest BCUT2D eigenvalue weighted by Gasteiger charge is -2.18. The van der Waals surface area contributed by atoms with E-state index in [2.05, 4.69) is 20.8 Å². The van der Waals surface area contributed by atoms with E-state index in [9.17, 15) is 0 Å². The van der Waals surface area contributed by atoms with Crippen LogP contribution in [0.4, 0.5) is 0 Å². The maximum absolute atomic E-state index is 5.57. The zero-order chi connectivity index (χ0) is 9.03. The predicted octanol–water partition coefficient (Wildman–Crippen LogP) is 3.75. The lowest BCUT2D eigenvalue weighted by atomic mass is 9.99. The minimum absolute atomic E-state index is 0. The molecule has 0 amide bonds. The molecule has 0 aliphatic carbocycles. The zero-order valence-electron chi connectivity index (χ0n) is 8.00. The first-order valence-electron chi connectivity index (χ1n) is 4.26. The van der Waals surface area contributed by atoms with Crippen LogP contribution in [0.5, 0.6) is 5.75 Å². The van der Waals surface area contributed by atoms with Gasteiger partial charge in [-0.25, -0.2) is 0 Å². The molecule has 1 heteroatoms. The summed E-state index contributed by atoms with van der Waals surface area (Å²) >= 11 is 0. The van der Waals surface area contributed by atoms with Crippen LogP contribution in [0.25, 0.3) is 0 Å². The monoisotopic (exact) mass is 180 g/mol. The number of benzene rings is 1. The Morgan fingerprint density at radius 1 is 1.08 bits per heavy atom. The predicted molar refractivity (Wildman–Crippen MR) is 58.1 cm³/mol. The van der Waals surface area contributed by atoms with Gasteiger partial charge in [0.1, 0.15) is 5.75 Å². The Labute approximate surface area is 81.7 Å². The maximum Gasteiger partial charge on any atom is 0.119 e. The summed E-state index contributed by atoms with van der Waals surface area (Å²) in [6, 6.07) is 9.91. The zero-order valence-corrected chi connectivity index (χ0v) is 8.00. The fourth-order valence-electron chi connectivity index (χ4n) is 0.817. The molecule has 0 radical (unpaired) electrons. The highest BCUT2D eigenvalue weighted by Crippen LogP contribution is 2.16. The van der Waals surface area contributed by atoms with Gasteiger partial charge in [0.05, 0.1) is 6.61 Å². The quantitative estimate of drug-likeness (QED) is 0.673. The van der Waals surface area contributed by atoms with Gasteiger partial charge in [-0.05, 0) is 17.5 Å². The minimum Gasteiger partial charge on any atom is -0.493 e. The number of ether oxygens (including phenoxy) is 1. The van der Waals surface area contributed by atoms with E-state index in [0.717, 1.165) is 12.4 Å². The normalized spacial score (nSPS) is 10.4. The Balaban J connectivity index is 0.00000144. The summed E-state index contributed by atoms with van der Waals surface area (Å²) in [6.07, 6.45) is 0. The van der Waals surface area contributed by atoms with Crippen LogP contribution in [0.1, 0.15) is 28.2 Å². The first-order chi connectivity index (χ1) is 5.58. The van der Waals surface area contributed by atoms with Gasteiger partial charge >= 0.3 is 0 Å². The summed E-state index contributed by atoms with van der Waals surface area (Å²) in [4.78, 5) is 0. The second-order valence-corrected chi connectivity index (χ2v) is 4.16. The van der Waals surface area contributed by atoms with Gasteiger partial charge in [-0.1, -0.05) is 46.4 Å². The Hall–Kier alpha value is -0.980. The molecule has 74 valence electrons. The van der Waals surface area contributed by atoms with E-state index in [1.807, 2.05) is 30.3 Å². The lowest BCUT2D eigenvalue weighted by Crippen LogP contribution is -2.16. The molecule has 0 fully saturated rings. The highest BCUT2D eigenvalue weighted by molar-refractivity contribution is 5.20. The molecule has 0 aliphatic heterocycles. The molecule has 0 N–H and O–H groups in total. The molecule has 0 unspecified atom stereocenters. The average molecular weight is 180 g/mol. The van der Waals surface area contributed by atoms with Crippen molar-refractivity contribution in [3.63, 3.8) is 0 Å². The van der Waals surface area contributed by atoms with Crippen LogP contribution in [0.2, 0.25) is 0 Å². The van der Waals surface area contributed by atoms with Crippen molar-refractivity contribution < 1.29 is 4.74 Å². The Bertz CT molecular complexity index is 221. The molecule has 13 heavy (non-hydrogen) atoms. The molecule has 0 aliphatic rings. The number of hydrogen-bond acceptors (Lipinski definition) is 1. The van der Waals surface area contributed by atoms with Gasteiger partial charge in [-0.3, -0.25) is 0 Å². The maximum atomic E-state index is 5.57. The molecule has 0 saturated heterocycles. The molecule has 1 nitrogen and oxygen atoms in total. The van der Waals surface area contributed by atoms with Gasteiger partial charge in [-0.15, -0.1) is 0 Å². The molecule has 0 atom stereocenters. The van der Waals surface area contributed by atoms with Crippen LogP contribution >= 0.6 is 0 Å². The van der Waals surface area contributed by atoms with Gasteiger partial charge in [0, 0.05) is 0 Å². The molecule has 0 bridgehead atoms. The van der Waals surface area contributed by atoms with Crippen LogP contribution in [0.15, 0.2) is 30.3 Å². The molecule has 1 aromatic carbocycles. The highest BCUT2D eigenvalue weighted by Gasteiger charge is 2.10. The first kappa shape index (κ1) is 12.0. The molecular formula is C12H20O. The molecule has 0 aromatic heterocycles. The topological polar surface area (TPSA) is 9.23 Å². The third-order valence-electron chi connectivity index (χ3n) is 1.42. The summed E-state index contributed by atoms with van der Waals surface area (Å²) in [5.41, 5.74) is 0.232. The van der Waals surface area contributed by atoms with Crippen LogP contribution in [-0.4, -0.2) is 6.61 Å². The van der Waals surface area contributed by atoms with Crippen LogP contribution in [0, 0.1) is 5.41 Å². The van der Waals surface area contributed by atoms with Crippen molar-refractivity contribution in [3.8, 4) is 5.75 Å². The fraction of sp³-hybridized carbons (Fsp3) is 0.500. The third kappa shape index (κ3) is 5.29. The lowest BCUT2D eigenvalue weighted by molar-refractivity contribution is 0.198. The van der Waals surface area contributed by atoms with E-state index in [-0.39, 0.29) is 12.8 Å². The molecular weight excluding hydrogens is 160 g/mol. The molecule has 1 rings (SSSR count). The van der Waals surface area contributed by atoms with Crippen molar-refractivity contribution in [3.05, 3.63) is 30.3 Å². The SMILES string of the molecule is C.CC(C)(C)COc1ccccc1. The Kier molecular flexibility index (Phi) is 4.53. The Morgan fingerprint density at radius 2 is 1.62 bits per heavy atom. The van der Waals surface area contributed by atoms with E-state index in [1.54, 1.807) is 0 Å². The molecule has 1 aromatic rings. The fourth-order valence-corrected chi connectivity index (χ4v) is 0.817. The summed E-state index contributed by atoms with van der Waals surface area (Å²) < 4.78 is 5.57. The van der Waals surface area contributed by atoms with Gasteiger partial charge < -0.3 is 4.74 Å². The van der Waals surface area contributed by atoms with Crippen molar-refractivity contribution in [2.45, 2.75) is 28.2 Å². The van der Waals surface area contributed by atoms with E-state index in [0.29, 0.717) is 0 Å². The minimum atomic E-state index is 0. The molecule has 0 saturated carbocycles. The van der Waals surface area contributed by atoms with Gasteiger partial charge in [-0.2, -0.15) is 0 Å². The summed E-state index contributed by atoms with van der Waals surface area (Å²) in [6.45, 7) is 7.25. The number of para-hydroxylation sites is 1. The van der Waals surface area contributed by atoms with Gasteiger partial charge in [0.2, 0.25) is 0 Å². The van der Waals surface area contributed by atoms with Gasteiger partial charge in [0.25, 0.3) is 0 Å². The molecule has 0 heterocycles. The number of hydrogen-bond donors (Lipinski definition) is 0. The summed E-state index contributed by atoms with van der Waals surface area (Å²) in [7, 11) is 0. The summed E-state index contributed by atoms with van der Waals surface area (Å²) in [5.74, 6) is 0.951. The van der Waals surface area contributed by atoms with Crippen molar-refractivity contribution in [2.75, 3.05) is 6.61 Å². The van der Waals surface area contributed by atoms with Crippen molar-refractivity contribution in [1.82, 2.24) is 0 Å². The van der Waals surface area contributed by atoms with Gasteiger partial charge in [0.15, 0.2) is 0 Å². The standard InChI is InChI=1S/C11H16O.CH4/c1-11(2,3)9-12-10-7-5-4-6-8-10;/h4-8H,9H2,1-3H3;1H4. The largest absolute Gasteiger partial charge is 0.493 e. The smallest absolute Gasteiger partial charge is 0.119 e. The van der Waals surface area contributed by atoms with Crippen molar-refractivity contribution in [1.29, 1.82) is 0 Å². The first-order valence-corrected chi connectivity index (χ1v) is 4.26. The second-order valence-electron chi connectivity index (χ2n) is 4.16. The summed E-state index contributed by atoms with van der Waals surface area (Å²) in [5, 5.41) is 0. The van der Waals surface area contributed by atoms with E-state index in [4.69, 9.17) is 4.74 Å². The average Bonchev–Trinajstić information content (AvgIpc) is 2.02. The third-order valence-corrected chi connectivity index (χ3v) is 1.42. The van der Waals surface area contributed by atoms with E-state index in [1.165, 1.54) is 0 Å².